The SMILES string of the molecule is CC(C)[Si](C(C)C)(C(C)C)n1cc(Cc2ccc(CC(=O)Cc3cccc(C(F)(F)F)c3)cc2)c2cccnc21. The fourth-order valence-corrected chi connectivity index (χ4v) is 13.4. The Kier molecular flexibility index (Phi) is 8.74. The van der Waals surface area contributed by atoms with Gasteiger partial charge >= 0.3 is 6.18 Å². The summed E-state index contributed by atoms with van der Waals surface area (Å²) < 4.78 is 41.6. The highest BCUT2D eigenvalue weighted by Gasteiger charge is 2.46. The van der Waals surface area contributed by atoms with Crippen LogP contribution < -0.4 is 0 Å². The lowest BCUT2D eigenvalue weighted by Crippen LogP contribution is -2.51. The van der Waals surface area contributed by atoms with Crippen LogP contribution in [0.4, 0.5) is 13.2 Å². The molecule has 2 aromatic carbocycles. The molecule has 3 nitrogen and oxygen atoms in total. The predicted octanol–water partition coefficient (Wildman–Crippen LogP) is 9.02. The van der Waals surface area contributed by atoms with Crippen molar-refractivity contribution in [1.82, 2.24) is 9.22 Å². The van der Waals surface area contributed by atoms with Crippen molar-refractivity contribution < 1.29 is 18.0 Å². The lowest BCUT2D eigenvalue weighted by molar-refractivity contribution is -0.137. The van der Waals surface area contributed by atoms with Gasteiger partial charge in [-0.05, 0) is 63.5 Å². The summed E-state index contributed by atoms with van der Waals surface area (Å²) in [4.78, 5) is 17.5. The van der Waals surface area contributed by atoms with Gasteiger partial charge in [-0.25, -0.2) is 4.98 Å². The van der Waals surface area contributed by atoms with Gasteiger partial charge in [-0.1, -0.05) is 84.0 Å². The normalized spacial score (nSPS) is 12.7. The number of fused-ring (bicyclic) bond motifs is 1. The number of alkyl halides is 3. The molecule has 0 saturated heterocycles. The molecule has 0 amide bonds. The van der Waals surface area contributed by atoms with E-state index in [1.165, 1.54) is 17.0 Å². The van der Waals surface area contributed by atoms with Crippen molar-refractivity contribution in [3.8, 4) is 0 Å². The van der Waals surface area contributed by atoms with Gasteiger partial charge in [0.1, 0.15) is 11.4 Å². The number of pyridine rings is 1. The molecule has 0 unspecified atom stereocenters. The molecule has 0 N–H and O–H groups in total. The van der Waals surface area contributed by atoms with Crippen LogP contribution in [0.5, 0.6) is 0 Å². The first-order chi connectivity index (χ1) is 18.8. The van der Waals surface area contributed by atoms with Crippen molar-refractivity contribution in [1.29, 1.82) is 0 Å². The van der Waals surface area contributed by atoms with Crippen LogP contribution in [0.25, 0.3) is 11.0 Å². The average Bonchev–Trinajstić information content (AvgIpc) is 3.23. The Labute approximate surface area is 236 Å². The Morgan fingerprint density at radius 2 is 1.43 bits per heavy atom. The number of nitrogens with zero attached hydrogens (tertiary/aromatic N) is 2. The molecule has 40 heavy (non-hydrogen) atoms. The molecule has 0 atom stereocenters. The highest BCUT2D eigenvalue weighted by Crippen LogP contribution is 2.44. The van der Waals surface area contributed by atoms with Crippen LogP contribution in [-0.4, -0.2) is 23.2 Å². The monoisotopic (exact) mass is 564 g/mol. The molecule has 4 aromatic rings. The highest BCUT2D eigenvalue weighted by atomic mass is 28.3. The summed E-state index contributed by atoms with van der Waals surface area (Å²) in [7, 11) is -1.98. The number of carbonyl (C=O) groups excluding carboxylic acids is 1. The molecule has 0 aliphatic carbocycles. The lowest BCUT2D eigenvalue weighted by Gasteiger charge is -2.44. The minimum Gasteiger partial charge on any atom is -0.358 e. The first-order valence-corrected chi connectivity index (χ1v) is 16.2. The molecule has 0 saturated carbocycles. The number of hydrogen-bond donors (Lipinski definition) is 0. The number of rotatable bonds is 10. The van der Waals surface area contributed by atoms with Crippen molar-refractivity contribution in [2.45, 2.75) is 83.6 Å². The van der Waals surface area contributed by atoms with E-state index >= 15 is 0 Å². The Morgan fingerprint density at radius 3 is 2.02 bits per heavy atom. The zero-order chi connectivity index (χ0) is 29.2. The highest BCUT2D eigenvalue weighted by molar-refractivity contribution is 6.82. The number of halogens is 3. The molecule has 0 aliphatic rings. The van der Waals surface area contributed by atoms with Gasteiger partial charge in [0.25, 0.3) is 0 Å². The third-order valence-corrected chi connectivity index (χ3v) is 15.0. The molecular formula is C33H39F3N2OSi. The van der Waals surface area contributed by atoms with E-state index in [2.05, 4.69) is 58.0 Å². The first-order valence-electron chi connectivity index (χ1n) is 14.0. The maximum Gasteiger partial charge on any atom is 0.416 e. The van der Waals surface area contributed by atoms with Crippen molar-refractivity contribution in [3.63, 3.8) is 0 Å². The molecule has 0 bridgehead atoms. The van der Waals surface area contributed by atoms with Crippen LogP contribution in [0.15, 0.2) is 73.1 Å². The fraction of sp³-hybridized carbons (Fsp3) is 0.394. The summed E-state index contributed by atoms with van der Waals surface area (Å²) in [6.45, 7) is 14.1. The van der Waals surface area contributed by atoms with Crippen LogP contribution in [-0.2, 0) is 30.2 Å². The Morgan fingerprint density at radius 1 is 0.825 bits per heavy atom. The fourth-order valence-electron chi connectivity index (χ4n) is 6.77. The standard InChI is InChI=1S/C33H39F3N2OSi/c1-22(2)40(23(3)4,24(5)6)38-21-28(31-11-8-16-37-32(31)38)17-25-12-14-26(15-13-25)19-30(39)20-27-9-7-10-29(18-27)33(34,35)36/h7-16,18,21-24H,17,19-20H2,1-6H3. The Hall–Kier alpha value is -3.19. The van der Waals surface area contributed by atoms with Crippen LogP contribution in [0.2, 0.25) is 16.6 Å². The second kappa shape index (κ2) is 11.7. The van der Waals surface area contributed by atoms with Crippen molar-refractivity contribution in [2.75, 3.05) is 0 Å². The van der Waals surface area contributed by atoms with E-state index in [1.54, 1.807) is 6.07 Å². The number of ketones is 1. The van der Waals surface area contributed by atoms with Crippen molar-refractivity contribution >= 4 is 25.1 Å². The van der Waals surface area contributed by atoms with Crippen molar-refractivity contribution in [2.24, 2.45) is 0 Å². The molecule has 0 fully saturated rings. The maximum atomic E-state index is 13.0. The van der Waals surface area contributed by atoms with Gasteiger partial charge < -0.3 is 4.23 Å². The second-order valence-electron chi connectivity index (χ2n) is 11.8. The molecule has 0 spiro atoms. The van der Waals surface area contributed by atoms with E-state index in [1.807, 2.05) is 36.5 Å². The maximum absolute atomic E-state index is 13.0. The molecule has 7 heteroatoms. The molecule has 0 aliphatic heterocycles. The number of Topliss-reactive ketones (excluding diaryl/α,β-unsaturated/α-hetero) is 1. The Balaban J connectivity index is 1.54. The molecule has 0 radical (unpaired) electrons. The van der Waals surface area contributed by atoms with Crippen LogP contribution in [0, 0.1) is 0 Å². The van der Waals surface area contributed by atoms with Gasteiger partial charge in [0.2, 0.25) is 0 Å². The van der Waals surface area contributed by atoms with E-state index in [-0.39, 0.29) is 18.6 Å². The van der Waals surface area contributed by atoms with Gasteiger partial charge in [0.15, 0.2) is 8.24 Å². The van der Waals surface area contributed by atoms with E-state index in [9.17, 15) is 18.0 Å². The van der Waals surface area contributed by atoms with Crippen LogP contribution in [0.3, 0.4) is 0 Å². The topological polar surface area (TPSA) is 34.9 Å². The number of hydrogen-bond acceptors (Lipinski definition) is 2. The third-order valence-electron chi connectivity index (χ3n) is 8.31. The van der Waals surface area contributed by atoms with E-state index < -0.39 is 20.0 Å². The molecule has 212 valence electrons. The molecule has 2 heterocycles. The van der Waals surface area contributed by atoms with Crippen LogP contribution >= 0.6 is 0 Å². The summed E-state index contributed by atoms with van der Waals surface area (Å²) in [6, 6.07) is 17.2. The second-order valence-corrected chi connectivity index (χ2v) is 17.6. The van der Waals surface area contributed by atoms with Crippen molar-refractivity contribution in [3.05, 3.63) is 101 Å². The number of benzene rings is 2. The smallest absolute Gasteiger partial charge is 0.358 e. The summed E-state index contributed by atoms with van der Waals surface area (Å²) in [6.07, 6.45) is 0.729. The third kappa shape index (κ3) is 5.94. The Bertz CT molecular complexity index is 1450. The zero-order valence-electron chi connectivity index (χ0n) is 24.2. The minimum atomic E-state index is -4.42. The zero-order valence-corrected chi connectivity index (χ0v) is 25.2. The summed E-state index contributed by atoms with van der Waals surface area (Å²) in [5.74, 6) is -0.112. The van der Waals surface area contributed by atoms with Gasteiger partial charge in [0, 0.05) is 30.6 Å². The average molecular weight is 565 g/mol. The molecule has 4 rings (SSSR count). The van der Waals surface area contributed by atoms with E-state index in [4.69, 9.17) is 4.98 Å². The van der Waals surface area contributed by atoms with Gasteiger partial charge in [0.05, 0.1) is 5.56 Å². The van der Waals surface area contributed by atoms with Gasteiger partial charge in [-0.15, -0.1) is 0 Å². The molecule has 2 aromatic heterocycles. The largest absolute Gasteiger partial charge is 0.416 e. The summed E-state index contributed by atoms with van der Waals surface area (Å²) >= 11 is 0. The lowest BCUT2D eigenvalue weighted by atomic mass is 9.99. The predicted molar refractivity (Wildman–Crippen MR) is 159 cm³/mol. The molecular weight excluding hydrogens is 525 g/mol. The van der Waals surface area contributed by atoms with Gasteiger partial charge in [-0.2, -0.15) is 13.2 Å². The van der Waals surface area contributed by atoms with Gasteiger partial charge in [-0.3, -0.25) is 4.79 Å². The van der Waals surface area contributed by atoms with Crippen LogP contribution in [0.1, 0.15) is 69.4 Å². The number of carbonyl (C=O) groups is 1. The number of aromatic nitrogens is 2. The summed E-state index contributed by atoms with van der Waals surface area (Å²) in [5.41, 5.74) is 5.60. The first kappa shape index (κ1) is 29.8. The van der Waals surface area contributed by atoms with E-state index in [0.29, 0.717) is 22.2 Å². The van der Waals surface area contributed by atoms with E-state index in [0.717, 1.165) is 35.3 Å². The minimum absolute atomic E-state index is 0.0225. The quantitative estimate of drug-likeness (QED) is 0.180. The summed E-state index contributed by atoms with van der Waals surface area (Å²) in [5, 5.41) is 1.18.